The molecule has 28 heavy (non-hydrogen) atoms. The van der Waals surface area contributed by atoms with Crippen molar-refractivity contribution in [3.63, 3.8) is 0 Å². The van der Waals surface area contributed by atoms with Crippen LogP contribution in [0.25, 0.3) is 0 Å². The third-order valence-corrected chi connectivity index (χ3v) is 5.11. The van der Waals surface area contributed by atoms with Crippen LogP contribution in [0.15, 0.2) is 101 Å². The lowest BCUT2D eigenvalue weighted by Crippen LogP contribution is -1.97. The standard InChI is InChI=1S/C24H23NO2S/c1-18-9-15-23(16-10-18)28-24(25-20-7-5-4-6-8-20)19(2)17-27-22-13-11-21(26-3)12-14-22/h4-17H,1-3H3/b19-17+,25-24-. The summed E-state index contributed by atoms with van der Waals surface area (Å²) in [5.41, 5.74) is 3.10. The second kappa shape index (κ2) is 9.81. The van der Waals surface area contributed by atoms with E-state index in [1.807, 2.05) is 61.5 Å². The number of benzene rings is 3. The van der Waals surface area contributed by atoms with Crippen molar-refractivity contribution >= 4 is 22.5 Å². The summed E-state index contributed by atoms with van der Waals surface area (Å²) < 4.78 is 11.0. The SMILES string of the molecule is COc1ccc(O/C=C(C)/C(=N/c2ccccc2)Sc2ccc(C)cc2)cc1. The van der Waals surface area contributed by atoms with Crippen LogP contribution in [0.2, 0.25) is 0 Å². The minimum absolute atomic E-state index is 0.750. The topological polar surface area (TPSA) is 30.8 Å². The van der Waals surface area contributed by atoms with Crippen molar-refractivity contribution < 1.29 is 9.47 Å². The maximum absolute atomic E-state index is 5.83. The third-order valence-electron chi connectivity index (χ3n) is 3.99. The summed E-state index contributed by atoms with van der Waals surface area (Å²) in [6.07, 6.45) is 1.74. The molecule has 0 saturated heterocycles. The molecular weight excluding hydrogens is 366 g/mol. The number of para-hydroxylation sites is 1. The lowest BCUT2D eigenvalue weighted by molar-refractivity contribution is 0.412. The quantitative estimate of drug-likeness (QED) is 0.201. The van der Waals surface area contributed by atoms with Gasteiger partial charge in [-0.15, -0.1) is 0 Å². The van der Waals surface area contributed by atoms with Crippen molar-refractivity contribution in [2.24, 2.45) is 4.99 Å². The summed E-state index contributed by atoms with van der Waals surface area (Å²) in [6.45, 7) is 4.09. The van der Waals surface area contributed by atoms with Gasteiger partial charge in [0.1, 0.15) is 16.5 Å². The Labute approximate surface area is 170 Å². The van der Waals surface area contributed by atoms with Crippen molar-refractivity contribution in [3.05, 3.63) is 96.3 Å². The van der Waals surface area contributed by atoms with Gasteiger partial charge in [-0.2, -0.15) is 0 Å². The Morgan fingerprint density at radius 3 is 2.14 bits per heavy atom. The van der Waals surface area contributed by atoms with E-state index in [9.17, 15) is 0 Å². The van der Waals surface area contributed by atoms with Crippen LogP contribution in [0.5, 0.6) is 11.5 Å². The third kappa shape index (κ3) is 5.76. The maximum Gasteiger partial charge on any atom is 0.126 e. The molecule has 0 aliphatic carbocycles. The molecule has 0 aliphatic rings. The lowest BCUT2D eigenvalue weighted by Gasteiger charge is -2.09. The average Bonchev–Trinajstić information content (AvgIpc) is 2.74. The molecule has 0 unspecified atom stereocenters. The van der Waals surface area contributed by atoms with E-state index in [0.717, 1.165) is 32.7 Å². The monoisotopic (exact) mass is 389 g/mol. The first kappa shape index (κ1) is 19.8. The molecule has 142 valence electrons. The molecule has 0 fully saturated rings. The van der Waals surface area contributed by atoms with Gasteiger partial charge >= 0.3 is 0 Å². The number of rotatable bonds is 6. The number of nitrogens with zero attached hydrogens (tertiary/aromatic N) is 1. The van der Waals surface area contributed by atoms with Crippen molar-refractivity contribution in [1.29, 1.82) is 0 Å². The van der Waals surface area contributed by atoms with Gasteiger partial charge in [-0.3, -0.25) is 0 Å². The smallest absolute Gasteiger partial charge is 0.126 e. The number of thioether (sulfide) groups is 1. The van der Waals surface area contributed by atoms with Gasteiger partial charge in [0.25, 0.3) is 0 Å². The van der Waals surface area contributed by atoms with Gasteiger partial charge < -0.3 is 9.47 Å². The van der Waals surface area contributed by atoms with E-state index in [1.54, 1.807) is 25.1 Å². The van der Waals surface area contributed by atoms with Gasteiger partial charge in [0.15, 0.2) is 0 Å². The van der Waals surface area contributed by atoms with Gasteiger partial charge in [0.05, 0.1) is 19.1 Å². The predicted octanol–water partition coefficient (Wildman–Crippen LogP) is 6.81. The molecule has 0 atom stereocenters. The van der Waals surface area contributed by atoms with Gasteiger partial charge in [0, 0.05) is 10.5 Å². The summed E-state index contributed by atoms with van der Waals surface area (Å²) in [6, 6.07) is 25.9. The van der Waals surface area contributed by atoms with E-state index in [0.29, 0.717) is 0 Å². The molecule has 0 amide bonds. The zero-order valence-corrected chi connectivity index (χ0v) is 17.1. The average molecular weight is 390 g/mol. The Morgan fingerprint density at radius 2 is 1.50 bits per heavy atom. The van der Waals surface area contributed by atoms with Gasteiger partial charge in [-0.25, -0.2) is 4.99 Å². The van der Waals surface area contributed by atoms with Crippen LogP contribution in [0.3, 0.4) is 0 Å². The highest BCUT2D eigenvalue weighted by Gasteiger charge is 2.07. The summed E-state index contributed by atoms with van der Waals surface area (Å²) in [4.78, 5) is 5.96. The lowest BCUT2D eigenvalue weighted by atomic mass is 10.2. The molecule has 0 saturated carbocycles. The Kier molecular flexibility index (Phi) is 6.93. The van der Waals surface area contributed by atoms with Gasteiger partial charge in [0.2, 0.25) is 0 Å². The molecule has 4 heteroatoms. The molecule has 0 spiro atoms. The van der Waals surface area contributed by atoms with Crippen LogP contribution in [0.4, 0.5) is 5.69 Å². The van der Waals surface area contributed by atoms with Crippen molar-refractivity contribution in [3.8, 4) is 11.5 Å². The molecule has 0 radical (unpaired) electrons. The number of ether oxygens (including phenoxy) is 2. The zero-order chi connectivity index (χ0) is 19.8. The van der Waals surface area contributed by atoms with Crippen molar-refractivity contribution in [2.75, 3.05) is 7.11 Å². The van der Waals surface area contributed by atoms with Crippen molar-refractivity contribution in [2.45, 2.75) is 18.7 Å². The fraction of sp³-hybridized carbons (Fsp3) is 0.125. The van der Waals surface area contributed by atoms with Crippen LogP contribution in [0.1, 0.15) is 12.5 Å². The molecule has 0 bridgehead atoms. The first-order chi connectivity index (χ1) is 13.6. The molecule has 0 N–H and O–H groups in total. The first-order valence-corrected chi connectivity index (χ1v) is 9.82. The largest absolute Gasteiger partial charge is 0.497 e. The highest BCUT2D eigenvalue weighted by Crippen LogP contribution is 2.27. The highest BCUT2D eigenvalue weighted by atomic mass is 32.2. The first-order valence-electron chi connectivity index (χ1n) is 9.00. The Morgan fingerprint density at radius 1 is 0.857 bits per heavy atom. The van der Waals surface area contributed by atoms with Crippen LogP contribution in [-0.4, -0.2) is 12.2 Å². The fourth-order valence-electron chi connectivity index (χ4n) is 2.39. The summed E-state index contributed by atoms with van der Waals surface area (Å²) in [7, 11) is 1.65. The number of aryl methyl sites for hydroxylation is 1. The van der Waals surface area contributed by atoms with E-state index in [4.69, 9.17) is 14.5 Å². The summed E-state index contributed by atoms with van der Waals surface area (Å²) in [5, 5.41) is 0.892. The van der Waals surface area contributed by atoms with Crippen LogP contribution < -0.4 is 9.47 Å². The second-order valence-electron chi connectivity index (χ2n) is 6.26. The molecule has 3 rings (SSSR count). The van der Waals surface area contributed by atoms with Crippen LogP contribution >= 0.6 is 11.8 Å². The van der Waals surface area contributed by atoms with Crippen LogP contribution in [-0.2, 0) is 0 Å². The number of aliphatic imine (C=N–C) groups is 1. The van der Waals surface area contributed by atoms with E-state index in [1.165, 1.54) is 5.56 Å². The molecular formula is C24H23NO2S. The second-order valence-corrected chi connectivity index (χ2v) is 7.32. The minimum atomic E-state index is 0.750. The number of hydrogen-bond acceptors (Lipinski definition) is 4. The van der Waals surface area contributed by atoms with Crippen LogP contribution in [0, 0.1) is 6.92 Å². The fourth-order valence-corrected chi connectivity index (χ4v) is 3.25. The predicted molar refractivity (Wildman–Crippen MR) is 118 cm³/mol. The maximum atomic E-state index is 5.83. The number of methoxy groups -OCH3 is 1. The molecule has 0 aromatic heterocycles. The Balaban J connectivity index is 1.83. The molecule has 3 nitrogen and oxygen atoms in total. The zero-order valence-electron chi connectivity index (χ0n) is 16.3. The van der Waals surface area contributed by atoms with Crippen molar-refractivity contribution in [1.82, 2.24) is 0 Å². The van der Waals surface area contributed by atoms with E-state index in [-0.39, 0.29) is 0 Å². The Hall–Kier alpha value is -2.98. The van der Waals surface area contributed by atoms with E-state index < -0.39 is 0 Å². The summed E-state index contributed by atoms with van der Waals surface area (Å²) >= 11 is 1.62. The molecule has 0 heterocycles. The molecule has 0 aliphatic heterocycles. The Bertz CT molecular complexity index is 946. The number of hydrogen-bond donors (Lipinski definition) is 0. The molecule has 3 aromatic rings. The minimum Gasteiger partial charge on any atom is -0.497 e. The van der Waals surface area contributed by atoms with E-state index >= 15 is 0 Å². The van der Waals surface area contributed by atoms with E-state index in [2.05, 4.69) is 31.2 Å². The van der Waals surface area contributed by atoms with Gasteiger partial charge in [-0.1, -0.05) is 47.7 Å². The summed E-state index contributed by atoms with van der Waals surface area (Å²) in [5.74, 6) is 1.55. The normalized spacial score (nSPS) is 12.0. The molecule has 3 aromatic carbocycles. The highest BCUT2D eigenvalue weighted by molar-refractivity contribution is 8.14. The van der Waals surface area contributed by atoms with Gasteiger partial charge in [-0.05, 0) is 62.4 Å².